The third-order valence-electron chi connectivity index (χ3n) is 6.09. The number of fused-ring (bicyclic) bond motifs is 2. The van der Waals surface area contributed by atoms with E-state index in [0.717, 1.165) is 58.3 Å². The van der Waals surface area contributed by atoms with Crippen LogP contribution in [0.4, 0.5) is 0 Å². The molecule has 5 nitrogen and oxygen atoms in total. The number of benzene rings is 2. The molecule has 0 bridgehead atoms. The van der Waals surface area contributed by atoms with E-state index in [0.29, 0.717) is 17.1 Å². The van der Waals surface area contributed by atoms with Gasteiger partial charge in [-0.1, -0.05) is 18.2 Å². The number of thiazole rings is 1. The first-order chi connectivity index (χ1) is 14.7. The van der Waals surface area contributed by atoms with E-state index in [9.17, 15) is 9.59 Å². The van der Waals surface area contributed by atoms with Gasteiger partial charge in [-0.2, -0.15) is 0 Å². The van der Waals surface area contributed by atoms with Crippen LogP contribution in [-0.2, 0) is 4.79 Å². The fraction of sp³-hybridized carbons (Fsp3) is 0.292. The van der Waals surface area contributed by atoms with Crippen molar-refractivity contribution in [2.75, 3.05) is 7.11 Å². The molecule has 5 rings (SSSR count). The van der Waals surface area contributed by atoms with Gasteiger partial charge in [-0.05, 0) is 49.3 Å². The highest BCUT2D eigenvalue weighted by molar-refractivity contribution is 7.18. The van der Waals surface area contributed by atoms with E-state index in [2.05, 4.69) is 0 Å². The smallest absolute Gasteiger partial charge is 0.263 e. The Hall–Kier alpha value is -2.99. The molecular formula is C24H22N2O3S. The second-order valence-electron chi connectivity index (χ2n) is 7.87. The Bertz CT molecular complexity index is 1300. The Kier molecular flexibility index (Phi) is 4.87. The first-order valence-corrected chi connectivity index (χ1v) is 11.0. The number of aromatic nitrogens is 2. The minimum Gasteiger partial charge on any atom is -0.494 e. The lowest BCUT2D eigenvalue weighted by Crippen LogP contribution is -2.18. The molecule has 0 unspecified atom stereocenters. The van der Waals surface area contributed by atoms with Crippen molar-refractivity contribution in [2.45, 2.75) is 31.6 Å². The molecule has 30 heavy (non-hydrogen) atoms. The second-order valence-corrected chi connectivity index (χ2v) is 8.93. The van der Waals surface area contributed by atoms with Crippen molar-refractivity contribution in [3.8, 4) is 11.4 Å². The van der Waals surface area contributed by atoms with E-state index >= 15 is 0 Å². The van der Waals surface area contributed by atoms with E-state index in [4.69, 9.17) is 9.72 Å². The van der Waals surface area contributed by atoms with Crippen LogP contribution in [-0.4, -0.2) is 22.9 Å². The number of rotatable bonds is 4. The number of hydrogen-bond acceptors (Lipinski definition) is 5. The fourth-order valence-corrected chi connectivity index (χ4v) is 5.52. The van der Waals surface area contributed by atoms with Crippen molar-refractivity contribution in [3.05, 3.63) is 64.0 Å². The SMILES string of the molecule is COc1cc2nc(C3CCC(C=O)CC3)sc2cc1-n1ccc2ccccc2c1=O. The third kappa shape index (κ3) is 3.21. The van der Waals surface area contributed by atoms with Crippen LogP contribution in [0.15, 0.2) is 53.5 Å². The van der Waals surface area contributed by atoms with Crippen LogP contribution in [0.2, 0.25) is 0 Å². The lowest BCUT2D eigenvalue weighted by atomic mass is 9.83. The molecule has 1 aliphatic carbocycles. The van der Waals surface area contributed by atoms with Crippen molar-refractivity contribution >= 4 is 38.6 Å². The maximum Gasteiger partial charge on any atom is 0.263 e. The van der Waals surface area contributed by atoms with Crippen LogP contribution in [0.25, 0.3) is 26.7 Å². The molecular weight excluding hydrogens is 396 g/mol. The topological polar surface area (TPSA) is 61.2 Å². The molecule has 2 aromatic heterocycles. The zero-order chi connectivity index (χ0) is 20.7. The van der Waals surface area contributed by atoms with Gasteiger partial charge in [0, 0.05) is 29.5 Å². The lowest BCUT2D eigenvalue weighted by Gasteiger charge is -2.23. The summed E-state index contributed by atoms with van der Waals surface area (Å²) in [7, 11) is 1.62. The normalized spacial score (nSPS) is 19.2. The molecule has 2 heterocycles. The number of carbonyl (C=O) groups excluding carboxylic acids is 1. The van der Waals surface area contributed by atoms with Crippen LogP contribution in [0.5, 0.6) is 5.75 Å². The highest BCUT2D eigenvalue weighted by atomic mass is 32.1. The largest absolute Gasteiger partial charge is 0.494 e. The van der Waals surface area contributed by atoms with Gasteiger partial charge in [-0.15, -0.1) is 11.3 Å². The summed E-state index contributed by atoms with van der Waals surface area (Å²) in [5, 5.41) is 2.71. The number of hydrogen-bond donors (Lipinski definition) is 0. The molecule has 1 saturated carbocycles. The van der Waals surface area contributed by atoms with Crippen LogP contribution in [0, 0.1) is 5.92 Å². The molecule has 0 atom stereocenters. The number of ether oxygens (including phenoxy) is 1. The Morgan fingerprint density at radius 2 is 1.93 bits per heavy atom. The molecule has 0 N–H and O–H groups in total. The molecule has 0 saturated heterocycles. The molecule has 0 aliphatic heterocycles. The van der Waals surface area contributed by atoms with Crippen molar-refractivity contribution < 1.29 is 9.53 Å². The zero-order valence-corrected chi connectivity index (χ0v) is 17.5. The van der Waals surface area contributed by atoms with E-state index in [1.54, 1.807) is 29.2 Å². The first-order valence-electron chi connectivity index (χ1n) is 10.2. The molecule has 0 amide bonds. The summed E-state index contributed by atoms with van der Waals surface area (Å²) in [6, 6.07) is 13.5. The van der Waals surface area contributed by atoms with E-state index < -0.39 is 0 Å². The zero-order valence-electron chi connectivity index (χ0n) is 16.7. The molecule has 4 aromatic rings. The molecule has 0 spiro atoms. The van der Waals surface area contributed by atoms with Crippen molar-refractivity contribution in [2.24, 2.45) is 5.92 Å². The van der Waals surface area contributed by atoms with Crippen molar-refractivity contribution in [1.82, 2.24) is 9.55 Å². The van der Waals surface area contributed by atoms with E-state index in [-0.39, 0.29) is 11.5 Å². The summed E-state index contributed by atoms with van der Waals surface area (Å²) in [4.78, 5) is 29.0. The molecule has 2 aromatic carbocycles. The quantitative estimate of drug-likeness (QED) is 0.434. The number of nitrogens with zero attached hydrogens (tertiary/aromatic N) is 2. The number of aldehydes is 1. The highest BCUT2D eigenvalue weighted by Crippen LogP contribution is 2.40. The predicted molar refractivity (Wildman–Crippen MR) is 120 cm³/mol. The van der Waals surface area contributed by atoms with Gasteiger partial charge in [0.05, 0.1) is 28.0 Å². The Balaban J connectivity index is 1.59. The number of pyridine rings is 1. The number of methoxy groups -OCH3 is 1. The van der Waals surface area contributed by atoms with Crippen LogP contribution in [0.1, 0.15) is 36.6 Å². The monoisotopic (exact) mass is 418 g/mol. The maximum absolute atomic E-state index is 13.1. The standard InChI is InChI=1S/C24H22N2O3S/c1-29-21-12-19-22(30-23(25-19)17-8-6-15(14-27)7-9-17)13-20(21)26-11-10-16-4-2-3-5-18(16)24(26)28/h2-5,10-15,17H,6-9H2,1H3. The average molecular weight is 419 g/mol. The molecule has 152 valence electrons. The van der Waals surface area contributed by atoms with Gasteiger partial charge < -0.3 is 9.53 Å². The van der Waals surface area contributed by atoms with E-state index in [1.165, 1.54) is 0 Å². The van der Waals surface area contributed by atoms with Crippen LogP contribution < -0.4 is 10.3 Å². The van der Waals surface area contributed by atoms with Gasteiger partial charge in [0.2, 0.25) is 0 Å². The summed E-state index contributed by atoms with van der Waals surface area (Å²) in [5.41, 5.74) is 1.55. The average Bonchev–Trinajstić information content (AvgIpc) is 3.22. The van der Waals surface area contributed by atoms with Gasteiger partial charge in [0.15, 0.2) is 0 Å². The van der Waals surface area contributed by atoms with Gasteiger partial charge in [-0.25, -0.2) is 4.98 Å². The highest BCUT2D eigenvalue weighted by Gasteiger charge is 2.25. The predicted octanol–water partition coefficient (Wildman–Crippen LogP) is 5.08. The second kappa shape index (κ2) is 7.69. The summed E-state index contributed by atoms with van der Waals surface area (Å²) in [5.74, 6) is 1.22. The van der Waals surface area contributed by atoms with Gasteiger partial charge in [-0.3, -0.25) is 9.36 Å². The molecule has 1 fully saturated rings. The van der Waals surface area contributed by atoms with Gasteiger partial charge in [0.25, 0.3) is 5.56 Å². The summed E-state index contributed by atoms with van der Waals surface area (Å²) in [6.45, 7) is 0. The summed E-state index contributed by atoms with van der Waals surface area (Å²) < 4.78 is 8.31. The minimum absolute atomic E-state index is 0.0670. The minimum atomic E-state index is -0.0670. The van der Waals surface area contributed by atoms with Crippen LogP contribution >= 0.6 is 11.3 Å². The maximum atomic E-state index is 13.1. The first kappa shape index (κ1) is 19.0. The van der Waals surface area contributed by atoms with E-state index in [1.807, 2.05) is 42.5 Å². The fourth-order valence-electron chi connectivity index (χ4n) is 4.37. The Morgan fingerprint density at radius 1 is 1.13 bits per heavy atom. The number of carbonyl (C=O) groups is 1. The molecule has 6 heteroatoms. The third-order valence-corrected chi connectivity index (χ3v) is 7.27. The lowest BCUT2D eigenvalue weighted by molar-refractivity contribution is -0.111. The summed E-state index contributed by atoms with van der Waals surface area (Å²) in [6.07, 6.45) is 6.76. The van der Waals surface area contributed by atoms with Crippen molar-refractivity contribution in [1.29, 1.82) is 0 Å². The van der Waals surface area contributed by atoms with Crippen molar-refractivity contribution in [3.63, 3.8) is 0 Å². The van der Waals surface area contributed by atoms with Gasteiger partial charge >= 0.3 is 0 Å². The molecule has 0 radical (unpaired) electrons. The molecule has 1 aliphatic rings. The van der Waals surface area contributed by atoms with Crippen LogP contribution in [0.3, 0.4) is 0 Å². The van der Waals surface area contributed by atoms with Gasteiger partial charge in [0.1, 0.15) is 12.0 Å². The Labute approximate surface area is 177 Å². The Morgan fingerprint density at radius 3 is 2.70 bits per heavy atom. The summed E-state index contributed by atoms with van der Waals surface area (Å²) >= 11 is 1.68.